The van der Waals surface area contributed by atoms with Crippen molar-refractivity contribution in [2.45, 2.75) is 45.3 Å². The van der Waals surface area contributed by atoms with Crippen LogP contribution in [-0.4, -0.2) is 16.8 Å². The SMILES string of the molecule is CC(C)(C)OC(=O)NCc1cc(C(F)(F)F)cc(C(F)(F)F)c1O. The molecule has 0 spiro atoms. The number of carbonyl (C=O) groups excluding carboxylic acids is 1. The fourth-order valence-corrected chi connectivity index (χ4v) is 1.69. The summed E-state index contributed by atoms with van der Waals surface area (Å²) in [5.41, 5.74) is -5.06. The highest BCUT2D eigenvalue weighted by atomic mass is 19.4. The van der Waals surface area contributed by atoms with Gasteiger partial charge >= 0.3 is 18.4 Å². The maximum absolute atomic E-state index is 12.8. The van der Waals surface area contributed by atoms with Gasteiger partial charge in [0.2, 0.25) is 0 Å². The van der Waals surface area contributed by atoms with Gasteiger partial charge in [0.25, 0.3) is 0 Å². The minimum Gasteiger partial charge on any atom is -0.507 e. The zero-order chi connectivity index (χ0) is 18.9. The molecule has 1 aromatic carbocycles. The minimum atomic E-state index is -5.19. The quantitative estimate of drug-likeness (QED) is 0.767. The number of carbonyl (C=O) groups is 1. The lowest BCUT2D eigenvalue weighted by Gasteiger charge is -2.20. The van der Waals surface area contributed by atoms with E-state index < -0.39 is 53.0 Å². The first-order valence-corrected chi connectivity index (χ1v) is 6.58. The molecule has 0 radical (unpaired) electrons. The number of halogens is 6. The van der Waals surface area contributed by atoms with Crippen LogP contribution in [-0.2, 0) is 23.6 Å². The van der Waals surface area contributed by atoms with Crippen LogP contribution in [0.25, 0.3) is 0 Å². The van der Waals surface area contributed by atoms with Crippen LogP contribution in [0.15, 0.2) is 12.1 Å². The Morgan fingerprint density at radius 2 is 1.62 bits per heavy atom. The van der Waals surface area contributed by atoms with E-state index in [0.717, 1.165) is 0 Å². The largest absolute Gasteiger partial charge is 0.507 e. The van der Waals surface area contributed by atoms with Crippen molar-refractivity contribution in [3.05, 3.63) is 28.8 Å². The third-order valence-corrected chi connectivity index (χ3v) is 2.64. The Kier molecular flexibility index (Phi) is 5.31. The molecule has 0 fully saturated rings. The number of alkyl halides is 6. The summed E-state index contributed by atoms with van der Waals surface area (Å²) in [6.07, 6.45) is -11.3. The van der Waals surface area contributed by atoms with Crippen molar-refractivity contribution in [1.29, 1.82) is 0 Å². The Balaban J connectivity index is 3.16. The van der Waals surface area contributed by atoms with E-state index in [1.165, 1.54) is 20.8 Å². The smallest absolute Gasteiger partial charge is 0.419 e. The van der Waals surface area contributed by atoms with Crippen molar-refractivity contribution in [2.24, 2.45) is 0 Å². The van der Waals surface area contributed by atoms with E-state index in [2.05, 4.69) is 0 Å². The highest BCUT2D eigenvalue weighted by Crippen LogP contribution is 2.41. The molecule has 1 amide bonds. The van der Waals surface area contributed by atoms with Gasteiger partial charge in [-0.2, -0.15) is 26.3 Å². The number of benzene rings is 1. The van der Waals surface area contributed by atoms with Crippen LogP contribution in [0, 0.1) is 0 Å². The average Bonchev–Trinajstić information content (AvgIpc) is 2.32. The predicted molar refractivity (Wildman–Crippen MR) is 71.2 cm³/mol. The second kappa shape index (κ2) is 6.40. The Morgan fingerprint density at radius 3 is 2.04 bits per heavy atom. The van der Waals surface area contributed by atoms with Gasteiger partial charge in [-0.25, -0.2) is 4.79 Å². The van der Waals surface area contributed by atoms with Crippen molar-refractivity contribution in [1.82, 2.24) is 5.32 Å². The number of ether oxygens (including phenoxy) is 1. The van der Waals surface area contributed by atoms with Crippen molar-refractivity contribution in [3.63, 3.8) is 0 Å². The van der Waals surface area contributed by atoms with Crippen LogP contribution in [0.5, 0.6) is 5.75 Å². The van der Waals surface area contributed by atoms with Gasteiger partial charge in [-0.05, 0) is 32.9 Å². The third kappa shape index (κ3) is 5.50. The van der Waals surface area contributed by atoms with E-state index in [1.54, 1.807) is 0 Å². The van der Waals surface area contributed by atoms with Crippen molar-refractivity contribution < 1.29 is 41.0 Å². The molecule has 136 valence electrons. The van der Waals surface area contributed by atoms with Crippen molar-refractivity contribution >= 4 is 6.09 Å². The Morgan fingerprint density at radius 1 is 1.08 bits per heavy atom. The molecule has 0 aliphatic carbocycles. The van der Waals surface area contributed by atoms with Crippen LogP contribution in [0.1, 0.15) is 37.5 Å². The first kappa shape index (κ1) is 19.9. The molecule has 1 aromatic rings. The molecule has 0 aromatic heterocycles. The molecular formula is C14H15F6NO3. The molecule has 0 atom stereocenters. The predicted octanol–water partition coefficient (Wildman–Crippen LogP) is 4.45. The Hall–Kier alpha value is -2.13. The zero-order valence-electron chi connectivity index (χ0n) is 12.9. The molecule has 0 aliphatic rings. The Bertz CT molecular complexity index is 617. The lowest BCUT2D eigenvalue weighted by molar-refractivity contribution is -0.143. The molecule has 0 heterocycles. The summed E-state index contributed by atoms with van der Waals surface area (Å²) >= 11 is 0. The van der Waals surface area contributed by atoms with Gasteiger partial charge in [-0.15, -0.1) is 0 Å². The molecule has 0 bridgehead atoms. The first-order valence-electron chi connectivity index (χ1n) is 6.58. The van der Waals surface area contributed by atoms with Crippen LogP contribution < -0.4 is 5.32 Å². The normalized spacial score (nSPS) is 12.9. The maximum Gasteiger partial charge on any atom is 0.419 e. The number of rotatable bonds is 2. The second-order valence-electron chi connectivity index (χ2n) is 5.88. The zero-order valence-corrected chi connectivity index (χ0v) is 12.9. The molecule has 0 saturated carbocycles. The number of nitrogens with one attached hydrogen (secondary N) is 1. The number of phenolic OH excluding ortho intramolecular Hbond substituents is 1. The summed E-state index contributed by atoms with van der Waals surface area (Å²) in [7, 11) is 0. The van der Waals surface area contributed by atoms with Gasteiger partial charge in [0.1, 0.15) is 11.4 Å². The summed E-state index contributed by atoms with van der Waals surface area (Å²) in [5.74, 6) is -1.38. The average molecular weight is 359 g/mol. The highest BCUT2D eigenvalue weighted by Gasteiger charge is 2.39. The number of alkyl carbamates (subject to hydrolysis) is 1. The molecule has 0 saturated heterocycles. The van der Waals surface area contributed by atoms with Gasteiger partial charge < -0.3 is 15.2 Å². The van der Waals surface area contributed by atoms with Crippen LogP contribution in [0.4, 0.5) is 31.1 Å². The monoisotopic (exact) mass is 359 g/mol. The summed E-state index contributed by atoms with van der Waals surface area (Å²) in [6.45, 7) is 3.80. The lowest BCUT2D eigenvalue weighted by Crippen LogP contribution is -2.32. The number of hydrogen-bond acceptors (Lipinski definition) is 3. The van der Waals surface area contributed by atoms with Gasteiger partial charge in [0.15, 0.2) is 0 Å². The van der Waals surface area contributed by atoms with Gasteiger partial charge in [0.05, 0.1) is 11.1 Å². The first-order chi connectivity index (χ1) is 10.6. The standard InChI is InChI=1S/C14H15F6NO3/c1-12(2,3)24-11(23)21-6-7-4-8(13(15,16)17)5-9(10(7)22)14(18,19)20/h4-5,22H,6H2,1-3H3,(H,21,23). The molecule has 0 unspecified atom stereocenters. The molecular weight excluding hydrogens is 344 g/mol. The fourth-order valence-electron chi connectivity index (χ4n) is 1.69. The van der Waals surface area contributed by atoms with E-state index in [4.69, 9.17) is 4.74 Å². The molecule has 0 aliphatic heterocycles. The summed E-state index contributed by atoms with van der Waals surface area (Å²) in [4.78, 5) is 11.4. The van der Waals surface area contributed by atoms with E-state index >= 15 is 0 Å². The molecule has 2 N–H and O–H groups in total. The topological polar surface area (TPSA) is 58.6 Å². The summed E-state index contributed by atoms with van der Waals surface area (Å²) in [6, 6.07) is 0.147. The third-order valence-electron chi connectivity index (χ3n) is 2.64. The highest BCUT2D eigenvalue weighted by molar-refractivity contribution is 5.68. The van der Waals surface area contributed by atoms with E-state index in [-0.39, 0.29) is 6.07 Å². The molecule has 24 heavy (non-hydrogen) atoms. The van der Waals surface area contributed by atoms with Gasteiger partial charge in [0, 0.05) is 12.1 Å². The number of aromatic hydroxyl groups is 1. The van der Waals surface area contributed by atoms with E-state index in [9.17, 15) is 36.2 Å². The molecule has 10 heteroatoms. The Labute approximate surface area is 133 Å². The maximum atomic E-state index is 12.8. The number of hydrogen-bond donors (Lipinski definition) is 2. The summed E-state index contributed by atoms with van der Waals surface area (Å²) < 4.78 is 81.3. The fraction of sp³-hybridized carbons (Fsp3) is 0.500. The number of phenols is 1. The molecule has 1 rings (SSSR count). The van der Waals surface area contributed by atoms with Crippen LogP contribution in [0.3, 0.4) is 0 Å². The van der Waals surface area contributed by atoms with Gasteiger partial charge in [-0.1, -0.05) is 0 Å². The lowest BCUT2D eigenvalue weighted by atomic mass is 10.0. The van der Waals surface area contributed by atoms with E-state index in [0.29, 0.717) is 6.07 Å². The second-order valence-corrected chi connectivity index (χ2v) is 5.88. The number of amides is 1. The van der Waals surface area contributed by atoms with Crippen molar-refractivity contribution in [3.8, 4) is 5.75 Å². The summed E-state index contributed by atoms with van der Waals surface area (Å²) in [5, 5.41) is 11.6. The minimum absolute atomic E-state index is 0.188. The van der Waals surface area contributed by atoms with Crippen LogP contribution >= 0.6 is 0 Å². The van der Waals surface area contributed by atoms with Crippen molar-refractivity contribution in [2.75, 3.05) is 0 Å². The molecule has 4 nitrogen and oxygen atoms in total. The van der Waals surface area contributed by atoms with Gasteiger partial charge in [-0.3, -0.25) is 0 Å². The van der Waals surface area contributed by atoms with Crippen LogP contribution in [0.2, 0.25) is 0 Å². The van der Waals surface area contributed by atoms with E-state index in [1.807, 2.05) is 5.32 Å².